The molecule has 110 valence electrons. The van der Waals surface area contributed by atoms with Gasteiger partial charge in [-0.2, -0.15) is 0 Å². The van der Waals surface area contributed by atoms with Crippen molar-refractivity contribution in [2.45, 2.75) is 45.3 Å². The van der Waals surface area contributed by atoms with Crippen molar-refractivity contribution in [3.05, 3.63) is 29.8 Å². The van der Waals surface area contributed by atoms with E-state index in [4.69, 9.17) is 4.74 Å². The molecule has 0 atom stereocenters. The van der Waals surface area contributed by atoms with Gasteiger partial charge in [0, 0.05) is 18.8 Å². The Labute approximate surface area is 120 Å². The monoisotopic (exact) mass is 277 g/mol. The highest BCUT2D eigenvalue weighted by molar-refractivity contribution is 5.90. The molecule has 2 rings (SSSR count). The van der Waals surface area contributed by atoms with Crippen LogP contribution >= 0.6 is 0 Å². The maximum atomic E-state index is 11.9. The number of hydrogen-bond acceptors (Lipinski definition) is 4. The van der Waals surface area contributed by atoms with Crippen molar-refractivity contribution in [3.8, 4) is 0 Å². The number of nitrogens with zero attached hydrogens (tertiary/aromatic N) is 1. The molecule has 20 heavy (non-hydrogen) atoms. The van der Waals surface area contributed by atoms with E-state index < -0.39 is 5.60 Å². The Morgan fingerprint density at radius 1 is 1.20 bits per heavy atom. The minimum Gasteiger partial charge on any atom is -0.456 e. The van der Waals surface area contributed by atoms with Gasteiger partial charge in [-0.3, -0.25) is 0 Å². The predicted octanol–water partition coefficient (Wildman–Crippen LogP) is 2.60. The van der Waals surface area contributed by atoms with E-state index in [0.717, 1.165) is 31.6 Å². The molecule has 1 aliphatic heterocycles. The van der Waals surface area contributed by atoms with E-state index in [9.17, 15) is 9.90 Å². The van der Waals surface area contributed by atoms with Crippen molar-refractivity contribution in [2.24, 2.45) is 0 Å². The molecule has 4 nitrogen and oxygen atoms in total. The van der Waals surface area contributed by atoms with Crippen LogP contribution in [0.4, 0.5) is 5.69 Å². The van der Waals surface area contributed by atoms with Crippen LogP contribution in [0, 0.1) is 0 Å². The summed E-state index contributed by atoms with van der Waals surface area (Å²) >= 11 is 0. The van der Waals surface area contributed by atoms with Crippen molar-refractivity contribution in [3.63, 3.8) is 0 Å². The third-order valence-electron chi connectivity index (χ3n) is 3.33. The fourth-order valence-corrected chi connectivity index (χ4v) is 2.27. The first-order chi connectivity index (χ1) is 9.35. The molecule has 1 saturated heterocycles. The highest BCUT2D eigenvalue weighted by Crippen LogP contribution is 2.21. The highest BCUT2D eigenvalue weighted by atomic mass is 16.6. The van der Waals surface area contributed by atoms with E-state index in [1.807, 2.05) is 32.9 Å². The lowest BCUT2D eigenvalue weighted by molar-refractivity contribution is 0.00695. The zero-order valence-electron chi connectivity index (χ0n) is 12.4. The Kier molecular flexibility index (Phi) is 4.33. The van der Waals surface area contributed by atoms with E-state index >= 15 is 0 Å². The van der Waals surface area contributed by atoms with Crippen LogP contribution < -0.4 is 4.90 Å². The molecule has 0 saturated carbocycles. The summed E-state index contributed by atoms with van der Waals surface area (Å²) in [6.07, 6.45) is 1.43. The number of anilines is 1. The van der Waals surface area contributed by atoms with E-state index in [-0.39, 0.29) is 12.1 Å². The maximum Gasteiger partial charge on any atom is 0.338 e. The smallest absolute Gasteiger partial charge is 0.338 e. The zero-order valence-corrected chi connectivity index (χ0v) is 12.4. The van der Waals surface area contributed by atoms with E-state index in [0.29, 0.717) is 5.56 Å². The van der Waals surface area contributed by atoms with Crippen molar-refractivity contribution in [1.82, 2.24) is 0 Å². The molecular formula is C16H23NO3. The van der Waals surface area contributed by atoms with Gasteiger partial charge in [-0.1, -0.05) is 0 Å². The molecule has 1 aromatic carbocycles. The standard InChI is InChI=1S/C16H23NO3/c1-16(2,3)20-15(19)12-4-6-13(7-5-12)17-10-8-14(18)9-11-17/h4-7,14,18H,8-11H2,1-3H3. The summed E-state index contributed by atoms with van der Waals surface area (Å²) in [5, 5.41) is 9.51. The number of rotatable bonds is 2. The van der Waals surface area contributed by atoms with Gasteiger partial charge in [0.2, 0.25) is 0 Å². The zero-order chi connectivity index (χ0) is 14.8. The largest absolute Gasteiger partial charge is 0.456 e. The van der Waals surface area contributed by atoms with Gasteiger partial charge in [0.05, 0.1) is 11.7 Å². The average Bonchev–Trinajstić information content (AvgIpc) is 2.38. The molecule has 0 spiro atoms. The number of carbonyl (C=O) groups excluding carboxylic acids is 1. The molecular weight excluding hydrogens is 254 g/mol. The normalized spacial score (nSPS) is 17.1. The summed E-state index contributed by atoms with van der Waals surface area (Å²) in [7, 11) is 0. The van der Waals surface area contributed by atoms with Gasteiger partial charge >= 0.3 is 5.97 Å². The predicted molar refractivity (Wildman–Crippen MR) is 79.1 cm³/mol. The Hall–Kier alpha value is -1.55. The quantitative estimate of drug-likeness (QED) is 0.844. The fourth-order valence-electron chi connectivity index (χ4n) is 2.27. The summed E-state index contributed by atoms with van der Waals surface area (Å²) in [5.74, 6) is -0.293. The molecule has 1 aliphatic rings. The summed E-state index contributed by atoms with van der Waals surface area (Å²) in [6.45, 7) is 7.29. The van der Waals surface area contributed by atoms with E-state index in [1.54, 1.807) is 12.1 Å². The number of benzene rings is 1. The van der Waals surface area contributed by atoms with Gasteiger partial charge in [-0.25, -0.2) is 4.79 Å². The summed E-state index contributed by atoms with van der Waals surface area (Å²) in [4.78, 5) is 14.1. The first-order valence-electron chi connectivity index (χ1n) is 7.11. The Bertz CT molecular complexity index is 454. The molecule has 1 aromatic rings. The second-order valence-corrected chi connectivity index (χ2v) is 6.27. The third-order valence-corrected chi connectivity index (χ3v) is 3.33. The lowest BCUT2D eigenvalue weighted by Gasteiger charge is -2.31. The average molecular weight is 277 g/mol. The lowest BCUT2D eigenvalue weighted by atomic mass is 10.1. The molecule has 1 fully saturated rings. The summed E-state index contributed by atoms with van der Waals surface area (Å²) in [6, 6.07) is 7.48. The van der Waals surface area contributed by atoms with E-state index in [1.165, 1.54) is 0 Å². The van der Waals surface area contributed by atoms with Crippen LogP contribution in [0.15, 0.2) is 24.3 Å². The number of aliphatic hydroxyl groups is 1. The SMILES string of the molecule is CC(C)(C)OC(=O)c1ccc(N2CCC(O)CC2)cc1. The van der Waals surface area contributed by atoms with E-state index in [2.05, 4.69) is 4.90 Å². The Morgan fingerprint density at radius 2 is 1.75 bits per heavy atom. The second-order valence-electron chi connectivity index (χ2n) is 6.27. The first-order valence-corrected chi connectivity index (χ1v) is 7.11. The van der Waals surface area contributed by atoms with Crippen LogP contribution in [0.3, 0.4) is 0 Å². The molecule has 4 heteroatoms. The molecule has 0 aliphatic carbocycles. The third kappa shape index (κ3) is 3.97. The minimum absolute atomic E-state index is 0.174. The summed E-state index contributed by atoms with van der Waals surface area (Å²) < 4.78 is 5.34. The Balaban J connectivity index is 2.01. The van der Waals surface area contributed by atoms with Crippen LogP contribution in [0.2, 0.25) is 0 Å². The van der Waals surface area contributed by atoms with Gasteiger partial charge in [0.1, 0.15) is 5.60 Å². The van der Waals surface area contributed by atoms with Gasteiger partial charge < -0.3 is 14.7 Å². The molecule has 0 aromatic heterocycles. The van der Waals surface area contributed by atoms with Crippen molar-refractivity contribution in [2.75, 3.05) is 18.0 Å². The van der Waals surface area contributed by atoms with Crippen LogP contribution in [0.1, 0.15) is 44.0 Å². The van der Waals surface area contributed by atoms with Crippen molar-refractivity contribution >= 4 is 11.7 Å². The van der Waals surface area contributed by atoms with Gasteiger partial charge in [0.15, 0.2) is 0 Å². The lowest BCUT2D eigenvalue weighted by Crippen LogP contribution is -2.35. The number of aliphatic hydroxyl groups excluding tert-OH is 1. The molecule has 1 heterocycles. The molecule has 0 amide bonds. The van der Waals surface area contributed by atoms with Crippen molar-refractivity contribution < 1.29 is 14.6 Å². The summed E-state index contributed by atoms with van der Waals surface area (Å²) in [5.41, 5.74) is 1.18. The van der Waals surface area contributed by atoms with Crippen LogP contribution in [-0.4, -0.2) is 35.9 Å². The molecule has 0 radical (unpaired) electrons. The van der Waals surface area contributed by atoms with Crippen LogP contribution in [0.5, 0.6) is 0 Å². The molecule has 1 N–H and O–H groups in total. The van der Waals surface area contributed by atoms with Gasteiger partial charge in [0.25, 0.3) is 0 Å². The maximum absolute atomic E-state index is 11.9. The number of piperidine rings is 1. The van der Waals surface area contributed by atoms with Gasteiger partial charge in [-0.05, 0) is 57.9 Å². The Morgan fingerprint density at radius 3 is 2.25 bits per heavy atom. The fraction of sp³-hybridized carbons (Fsp3) is 0.562. The first kappa shape index (κ1) is 14.9. The number of esters is 1. The van der Waals surface area contributed by atoms with Crippen LogP contribution in [0.25, 0.3) is 0 Å². The second kappa shape index (κ2) is 5.83. The topological polar surface area (TPSA) is 49.8 Å². The number of hydrogen-bond donors (Lipinski definition) is 1. The van der Waals surface area contributed by atoms with Gasteiger partial charge in [-0.15, -0.1) is 0 Å². The number of carbonyl (C=O) groups is 1. The molecule has 0 unspecified atom stereocenters. The number of ether oxygens (including phenoxy) is 1. The van der Waals surface area contributed by atoms with Crippen molar-refractivity contribution in [1.29, 1.82) is 0 Å². The highest BCUT2D eigenvalue weighted by Gasteiger charge is 2.19. The molecule has 0 bridgehead atoms. The minimum atomic E-state index is -0.473. The van der Waals surface area contributed by atoms with Crippen LogP contribution in [-0.2, 0) is 4.74 Å².